The van der Waals surface area contributed by atoms with Gasteiger partial charge in [-0.3, -0.25) is 0 Å². The van der Waals surface area contributed by atoms with Gasteiger partial charge in [0.25, 0.3) is 0 Å². The molecule has 1 nitrogen and oxygen atoms in total. The summed E-state index contributed by atoms with van der Waals surface area (Å²) in [5.41, 5.74) is 13.9. The van der Waals surface area contributed by atoms with Crippen molar-refractivity contribution in [2.24, 2.45) is 0 Å². The summed E-state index contributed by atoms with van der Waals surface area (Å²) in [6, 6.07) is 69.9. The van der Waals surface area contributed by atoms with Crippen LogP contribution in [0.1, 0.15) is 0 Å². The van der Waals surface area contributed by atoms with Gasteiger partial charge in [-0.2, -0.15) is 0 Å². The van der Waals surface area contributed by atoms with Crippen LogP contribution in [0.15, 0.2) is 199 Å². The van der Waals surface area contributed by atoms with E-state index in [1.54, 1.807) is 0 Å². The molecule has 0 amide bonds. The van der Waals surface area contributed by atoms with Crippen LogP contribution in [0.25, 0.3) is 99.1 Å². The van der Waals surface area contributed by atoms with Crippen LogP contribution in [-0.2, 0) is 0 Å². The number of fused-ring (bicyclic) bond motifs is 5. The first-order chi connectivity index (χ1) is 25.3. The maximum Gasteiger partial charge on any atom is 0.143 e. The van der Waals surface area contributed by atoms with Crippen LogP contribution in [0.5, 0.6) is 0 Å². The normalized spacial score (nSPS) is 11.5. The monoisotopic (exact) mass is 648 g/mol. The molecule has 0 radical (unpaired) electrons. The van der Waals surface area contributed by atoms with Crippen LogP contribution in [0.2, 0.25) is 0 Å². The Morgan fingerprint density at radius 2 is 0.725 bits per heavy atom. The van der Waals surface area contributed by atoms with Gasteiger partial charge in [0.05, 0.1) is 0 Å². The molecular formula is C50H32O. The van der Waals surface area contributed by atoms with Crippen molar-refractivity contribution in [3.05, 3.63) is 194 Å². The van der Waals surface area contributed by atoms with E-state index in [1.165, 1.54) is 66.1 Å². The minimum absolute atomic E-state index is 0.913. The Balaban J connectivity index is 1.12. The third-order valence-corrected chi connectivity index (χ3v) is 10.3. The number of benzene rings is 9. The van der Waals surface area contributed by atoms with E-state index in [0.29, 0.717) is 0 Å². The molecule has 0 aliphatic carbocycles. The third kappa shape index (κ3) is 4.86. The molecular weight excluding hydrogens is 617 g/mol. The summed E-state index contributed by atoms with van der Waals surface area (Å²) in [5, 5.41) is 7.30. The average Bonchev–Trinajstić information content (AvgIpc) is 3.59. The third-order valence-electron chi connectivity index (χ3n) is 10.3. The zero-order valence-corrected chi connectivity index (χ0v) is 27.9. The zero-order valence-electron chi connectivity index (χ0n) is 27.9. The quantitative estimate of drug-likeness (QED) is 0.169. The lowest BCUT2D eigenvalue weighted by Gasteiger charge is -2.18. The van der Waals surface area contributed by atoms with Crippen molar-refractivity contribution < 1.29 is 4.42 Å². The van der Waals surface area contributed by atoms with Crippen molar-refractivity contribution in [1.29, 1.82) is 0 Å². The highest BCUT2D eigenvalue weighted by Crippen LogP contribution is 2.45. The second kappa shape index (κ2) is 12.0. The molecule has 238 valence electrons. The predicted molar refractivity (Wildman–Crippen MR) is 216 cm³/mol. The molecule has 0 saturated heterocycles. The predicted octanol–water partition coefficient (Wildman–Crippen LogP) is 14.2. The molecule has 1 aromatic heterocycles. The van der Waals surface area contributed by atoms with Gasteiger partial charge in [-0.05, 0) is 83.7 Å². The van der Waals surface area contributed by atoms with Gasteiger partial charge in [0, 0.05) is 16.3 Å². The Hall–Kier alpha value is -6.70. The van der Waals surface area contributed by atoms with Gasteiger partial charge in [-0.25, -0.2) is 0 Å². The van der Waals surface area contributed by atoms with Crippen LogP contribution in [0.3, 0.4) is 0 Å². The molecule has 0 aliphatic rings. The number of furan rings is 1. The van der Waals surface area contributed by atoms with E-state index < -0.39 is 0 Å². The number of rotatable bonds is 5. The molecule has 0 spiro atoms. The van der Waals surface area contributed by atoms with Crippen molar-refractivity contribution in [2.45, 2.75) is 0 Å². The van der Waals surface area contributed by atoms with E-state index in [4.69, 9.17) is 4.42 Å². The summed E-state index contributed by atoms with van der Waals surface area (Å²) in [6.45, 7) is 0. The van der Waals surface area contributed by atoms with Crippen molar-refractivity contribution in [3.8, 4) is 55.6 Å². The minimum Gasteiger partial charge on any atom is -0.455 e. The van der Waals surface area contributed by atoms with Crippen molar-refractivity contribution in [3.63, 3.8) is 0 Å². The van der Waals surface area contributed by atoms with Crippen LogP contribution in [0, 0.1) is 0 Å². The molecule has 10 aromatic rings. The Bertz CT molecular complexity index is 2840. The fourth-order valence-electron chi connectivity index (χ4n) is 7.98. The molecule has 0 N–H and O–H groups in total. The van der Waals surface area contributed by atoms with Crippen LogP contribution < -0.4 is 0 Å². The van der Waals surface area contributed by atoms with Crippen molar-refractivity contribution in [2.75, 3.05) is 0 Å². The van der Waals surface area contributed by atoms with E-state index in [1.807, 2.05) is 12.1 Å². The molecule has 1 heteroatoms. The molecule has 0 atom stereocenters. The standard InChI is InChI=1S/C50H32O/c1-2-14-33(15-3-1)36-16-12-17-37(32-36)49-43-23-8-6-21-41(43)48(42-22-7-9-24-44(42)49)35-30-28-34(29-31-35)38-18-4-5-19-39(38)45-25-13-26-46-40-20-10-11-27-47(40)51-50(45)46/h1-32H. The number of hydrogen-bond donors (Lipinski definition) is 0. The topological polar surface area (TPSA) is 13.1 Å². The van der Waals surface area contributed by atoms with Gasteiger partial charge in [-0.1, -0.05) is 182 Å². The lowest BCUT2D eigenvalue weighted by Crippen LogP contribution is -1.91. The molecule has 9 aromatic carbocycles. The largest absolute Gasteiger partial charge is 0.455 e. The highest BCUT2D eigenvalue weighted by Gasteiger charge is 2.18. The van der Waals surface area contributed by atoms with Crippen molar-refractivity contribution in [1.82, 2.24) is 0 Å². The molecule has 0 bridgehead atoms. The molecule has 10 rings (SSSR count). The Morgan fingerprint density at radius 1 is 0.255 bits per heavy atom. The fourth-order valence-corrected chi connectivity index (χ4v) is 7.98. The lowest BCUT2D eigenvalue weighted by molar-refractivity contribution is 0.670. The van der Waals surface area contributed by atoms with E-state index in [2.05, 4.69) is 182 Å². The van der Waals surface area contributed by atoms with Gasteiger partial charge in [0.1, 0.15) is 11.2 Å². The summed E-state index contributed by atoms with van der Waals surface area (Å²) in [6.07, 6.45) is 0. The fraction of sp³-hybridized carbons (Fsp3) is 0. The summed E-state index contributed by atoms with van der Waals surface area (Å²) >= 11 is 0. The highest BCUT2D eigenvalue weighted by atomic mass is 16.3. The van der Waals surface area contributed by atoms with Gasteiger partial charge >= 0.3 is 0 Å². The molecule has 51 heavy (non-hydrogen) atoms. The number of para-hydroxylation sites is 2. The zero-order chi connectivity index (χ0) is 33.7. The maximum atomic E-state index is 6.46. The van der Waals surface area contributed by atoms with Crippen LogP contribution in [-0.4, -0.2) is 0 Å². The Labute approximate surface area is 296 Å². The summed E-state index contributed by atoms with van der Waals surface area (Å²) in [7, 11) is 0. The van der Waals surface area contributed by atoms with E-state index in [-0.39, 0.29) is 0 Å². The first kappa shape index (κ1) is 29.2. The lowest BCUT2D eigenvalue weighted by atomic mass is 9.85. The molecule has 0 fully saturated rings. The smallest absolute Gasteiger partial charge is 0.143 e. The second-order valence-corrected chi connectivity index (χ2v) is 13.2. The summed E-state index contributed by atoms with van der Waals surface area (Å²) < 4.78 is 6.46. The Morgan fingerprint density at radius 3 is 1.43 bits per heavy atom. The molecule has 0 saturated carbocycles. The highest BCUT2D eigenvalue weighted by molar-refractivity contribution is 6.21. The first-order valence-electron chi connectivity index (χ1n) is 17.5. The van der Waals surface area contributed by atoms with Gasteiger partial charge in [0.2, 0.25) is 0 Å². The van der Waals surface area contributed by atoms with E-state index >= 15 is 0 Å². The first-order valence-corrected chi connectivity index (χ1v) is 17.5. The Kier molecular flexibility index (Phi) is 6.89. The average molecular weight is 649 g/mol. The van der Waals surface area contributed by atoms with Gasteiger partial charge in [0.15, 0.2) is 0 Å². The SMILES string of the molecule is c1ccc(-c2cccc(-c3c4ccccc4c(-c4ccc(-c5ccccc5-c5cccc6c5oc5ccccc56)cc4)c4ccccc34)c2)cc1. The van der Waals surface area contributed by atoms with Crippen LogP contribution >= 0.6 is 0 Å². The van der Waals surface area contributed by atoms with Crippen molar-refractivity contribution >= 4 is 43.5 Å². The van der Waals surface area contributed by atoms with E-state index in [9.17, 15) is 0 Å². The van der Waals surface area contributed by atoms with Crippen LogP contribution in [0.4, 0.5) is 0 Å². The second-order valence-electron chi connectivity index (χ2n) is 13.2. The van der Waals surface area contributed by atoms with E-state index in [0.717, 1.165) is 33.1 Å². The minimum atomic E-state index is 0.913. The maximum absolute atomic E-state index is 6.46. The molecule has 0 unspecified atom stereocenters. The van der Waals surface area contributed by atoms with Gasteiger partial charge < -0.3 is 4.42 Å². The summed E-state index contributed by atoms with van der Waals surface area (Å²) in [5.74, 6) is 0. The van der Waals surface area contributed by atoms with Gasteiger partial charge in [-0.15, -0.1) is 0 Å². The molecule has 0 aliphatic heterocycles. The summed E-state index contributed by atoms with van der Waals surface area (Å²) in [4.78, 5) is 0. The molecule has 1 heterocycles. The number of hydrogen-bond acceptors (Lipinski definition) is 1.